The zero-order valence-electron chi connectivity index (χ0n) is 13.7. The third kappa shape index (κ3) is 4.79. The largest absolute Gasteiger partial charge is 0.352 e. The number of hydrogen-bond acceptors (Lipinski definition) is 4. The summed E-state index contributed by atoms with van der Waals surface area (Å²) < 4.78 is 0. The molecule has 0 heterocycles. The minimum absolute atomic E-state index is 0.0850. The maximum atomic E-state index is 12.1. The maximum absolute atomic E-state index is 12.1. The predicted molar refractivity (Wildman–Crippen MR) is 101 cm³/mol. The molecular formula is C18H20N2O2S2. The molecule has 24 heavy (non-hydrogen) atoms. The zero-order valence-corrected chi connectivity index (χ0v) is 15.3. The summed E-state index contributed by atoms with van der Waals surface area (Å²) in [5, 5.41) is 5.64. The van der Waals surface area contributed by atoms with Gasteiger partial charge in [0, 0.05) is 22.9 Å². The lowest BCUT2D eigenvalue weighted by Gasteiger charge is -2.10. The van der Waals surface area contributed by atoms with E-state index in [1.54, 1.807) is 0 Å². The van der Waals surface area contributed by atoms with E-state index in [0.717, 1.165) is 9.79 Å². The lowest BCUT2D eigenvalue weighted by Crippen LogP contribution is -2.23. The molecule has 2 N–H and O–H groups in total. The molecule has 0 saturated heterocycles. The second kappa shape index (κ2) is 9.39. The first-order chi connectivity index (χ1) is 11.7. The van der Waals surface area contributed by atoms with Crippen LogP contribution in [0.15, 0.2) is 58.3 Å². The van der Waals surface area contributed by atoms with Gasteiger partial charge in [-0.25, -0.2) is 0 Å². The van der Waals surface area contributed by atoms with E-state index in [9.17, 15) is 9.59 Å². The van der Waals surface area contributed by atoms with Gasteiger partial charge in [-0.3, -0.25) is 9.59 Å². The van der Waals surface area contributed by atoms with Gasteiger partial charge in [0.2, 0.25) is 0 Å². The van der Waals surface area contributed by atoms with E-state index in [4.69, 9.17) is 0 Å². The molecule has 0 bridgehead atoms. The Morgan fingerprint density at radius 2 is 1.12 bits per heavy atom. The third-order valence-corrected chi connectivity index (χ3v) is 5.64. The van der Waals surface area contributed by atoms with Crippen molar-refractivity contribution >= 4 is 33.4 Å². The molecule has 0 atom stereocenters. The average Bonchev–Trinajstić information content (AvgIpc) is 2.61. The molecule has 0 aliphatic rings. The van der Waals surface area contributed by atoms with Crippen LogP contribution in [0.4, 0.5) is 0 Å². The van der Waals surface area contributed by atoms with E-state index < -0.39 is 0 Å². The van der Waals surface area contributed by atoms with Gasteiger partial charge >= 0.3 is 0 Å². The predicted octanol–water partition coefficient (Wildman–Crippen LogP) is 3.99. The fourth-order valence-electron chi connectivity index (χ4n) is 2.06. The normalized spacial score (nSPS) is 10.2. The van der Waals surface area contributed by atoms with Crippen molar-refractivity contribution in [2.45, 2.75) is 23.6 Å². The number of rotatable bonds is 7. The van der Waals surface area contributed by atoms with Gasteiger partial charge in [0.25, 0.3) is 11.8 Å². The quantitative estimate of drug-likeness (QED) is 0.733. The number of hydrogen-bond donors (Lipinski definition) is 2. The van der Waals surface area contributed by atoms with E-state index in [-0.39, 0.29) is 11.8 Å². The molecule has 126 valence electrons. The third-order valence-electron chi connectivity index (χ3n) is 3.16. The van der Waals surface area contributed by atoms with Gasteiger partial charge < -0.3 is 10.6 Å². The molecule has 0 radical (unpaired) electrons. The molecular weight excluding hydrogens is 340 g/mol. The zero-order chi connectivity index (χ0) is 17.4. The van der Waals surface area contributed by atoms with Gasteiger partial charge in [0.15, 0.2) is 0 Å². The molecule has 0 aliphatic carbocycles. The smallest absolute Gasteiger partial charge is 0.252 e. The average molecular weight is 361 g/mol. The van der Waals surface area contributed by atoms with Gasteiger partial charge in [-0.1, -0.05) is 45.9 Å². The van der Waals surface area contributed by atoms with Crippen molar-refractivity contribution in [2.24, 2.45) is 0 Å². The molecule has 0 aromatic heterocycles. The van der Waals surface area contributed by atoms with Crippen LogP contribution >= 0.6 is 21.6 Å². The molecule has 2 amide bonds. The number of nitrogens with one attached hydrogen (secondary N) is 2. The van der Waals surface area contributed by atoms with Crippen molar-refractivity contribution in [3.8, 4) is 0 Å². The molecule has 2 aromatic carbocycles. The van der Waals surface area contributed by atoms with E-state index in [1.807, 2.05) is 62.4 Å². The fraction of sp³-hybridized carbons (Fsp3) is 0.222. The second-order valence-electron chi connectivity index (χ2n) is 4.88. The van der Waals surface area contributed by atoms with Crippen molar-refractivity contribution in [3.05, 3.63) is 59.7 Å². The summed E-state index contributed by atoms with van der Waals surface area (Å²) in [7, 11) is 2.96. The van der Waals surface area contributed by atoms with Crippen molar-refractivity contribution in [2.75, 3.05) is 13.1 Å². The maximum Gasteiger partial charge on any atom is 0.252 e. The van der Waals surface area contributed by atoms with Crippen LogP contribution in [0.5, 0.6) is 0 Å². The molecule has 0 saturated carbocycles. The molecule has 0 fully saturated rings. The highest BCUT2D eigenvalue weighted by Gasteiger charge is 2.14. The highest BCUT2D eigenvalue weighted by atomic mass is 33.1. The summed E-state index contributed by atoms with van der Waals surface area (Å²) in [6.07, 6.45) is 0. The molecule has 4 nitrogen and oxygen atoms in total. The Morgan fingerprint density at radius 3 is 1.50 bits per heavy atom. The van der Waals surface area contributed by atoms with Crippen LogP contribution in [0, 0.1) is 0 Å². The van der Waals surface area contributed by atoms with E-state index in [0.29, 0.717) is 24.2 Å². The summed E-state index contributed by atoms with van der Waals surface area (Å²) in [6.45, 7) is 4.96. The van der Waals surface area contributed by atoms with E-state index in [2.05, 4.69) is 10.6 Å². The Balaban J connectivity index is 2.18. The SMILES string of the molecule is CCNC(=O)c1ccccc1SSc1ccccc1C(=O)NCC. The van der Waals surface area contributed by atoms with Crippen molar-refractivity contribution < 1.29 is 9.59 Å². The molecule has 2 rings (SSSR count). The van der Waals surface area contributed by atoms with Gasteiger partial charge in [-0.15, -0.1) is 0 Å². The topological polar surface area (TPSA) is 58.2 Å². The standard InChI is InChI=1S/C18H20N2O2S2/c1-3-19-17(21)13-9-5-7-11-15(13)23-24-16-12-8-6-10-14(16)18(22)20-4-2/h5-12H,3-4H2,1-2H3,(H,19,21)(H,20,22). The summed E-state index contributed by atoms with van der Waals surface area (Å²) in [6, 6.07) is 15.0. The van der Waals surface area contributed by atoms with Gasteiger partial charge in [-0.05, 0) is 38.1 Å². The van der Waals surface area contributed by atoms with Crippen LogP contribution in [-0.4, -0.2) is 24.9 Å². The Morgan fingerprint density at radius 1 is 0.750 bits per heavy atom. The van der Waals surface area contributed by atoms with Crippen molar-refractivity contribution in [1.82, 2.24) is 10.6 Å². The minimum Gasteiger partial charge on any atom is -0.352 e. The van der Waals surface area contributed by atoms with Crippen molar-refractivity contribution in [3.63, 3.8) is 0 Å². The van der Waals surface area contributed by atoms with Crippen LogP contribution < -0.4 is 10.6 Å². The lowest BCUT2D eigenvalue weighted by molar-refractivity contribution is 0.0944. The highest BCUT2D eigenvalue weighted by molar-refractivity contribution is 8.76. The summed E-state index contributed by atoms with van der Waals surface area (Å²) in [4.78, 5) is 26.0. The molecule has 6 heteroatoms. The molecule has 0 spiro atoms. The summed E-state index contributed by atoms with van der Waals surface area (Å²) >= 11 is 0. The number of carbonyl (C=O) groups is 2. The Kier molecular flexibility index (Phi) is 7.21. The van der Waals surface area contributed by atoms with Crippen LogP contribution in [0.2, 0.25) is 0 Å². The number of amides is 2. The van der Waals surface area contributed by atoms with Gasteiger partial charge in [-0.2, -0.15) is 0 Å². The second-order valence-corrected chi connectivity index (χ2v) is 7.09. The highest BCUT2D eigenvalue weighted by Crippen LogP contribution is 2.40. The van der Waals surface area contributed by atoms with E-state index in [1.165, 1.54) is 21.6 Å². The van der Waals surface area contributed by atoms with E-state index >= 15 is 0 Å². The lowest BCUT2D eigenvalue weighted by atomic mass is 10.2. The summed E-state index contributed by atoms with van der Waals surface area (Å²) in [5.41, 5.74) is 1.29. The van der Waals surface area contributed by atoms with Gasteiger partial charge in [0.05, 0.1) is 11.1 Å². The monoisotopic (exact) mass is 360 g/mol. The number of carbonyl (C=O) groups excluding carboxylic acids is 2. The van der Waals surface area contributed by atoms with Crippen LogP contribution in [0.3, 0.4) is 0 Å². The first-order valence-electron chi connectivity index (χ1n) is 7.76. The minimum atomic E-state index is -0.0850. The first-order valence-corrected chi connectivity index (χ1v) is 9.91. The number of benzene rings is 2. The Hall–Kier alpha value is -1.92. The molecule has 0 aliphatic heterocycles. The molecule has 0 unspecified atom stereocenters. The Bertz CT molecular complexity index is 658. The molecule has 2 aromatic rings. The summed E-state index contributed by atoms with van der Waals surface area (Å²) in [5.74, 6) is -0.170. The first kappa shape index (κ1) is 18.4. The van der Waals surface area contributed by atoms with Crippen LogP contribution in [0.1, 0.15) is 34.6 Å². The van der Waals surface area contributed by atoms with Crippen molar-refractivity contribution in [1.29, 1.82) is 0 Å². The Labute approximate surface area is 150 Å². The van der Waals surface area contributed by atoms with Crippen LogP contribution in [-0.2, 0) is 0 Å². The van der Waals surface area contributed by atoms with Gasteiger partial charge in [0.1, 0.15) is 0 Å². The van der Waals surface area contributed by atoms with Crippen LogP contribution in [0.25, 0.3) is 0 Å². The fourth-order valence-corrected chi connectivity index (χ4v) is 4.41.